The van der Waals surface area contributed by atoms with E-state index in [2.05, 4.69) is 0 Å². The van der Waals surface area contributed by atoms with Crippen LogP contribution in [0.3, 0.4) is 0 Å². The molecule has 0 radical (unpaired) electrons. The van der Waals surface area contributed by atoms with Crippen LogP contribution in [0.25, 0.3) is 0 Å². The maximum absolute atomic E-state index is 10.9. The Morgan fingerprint density at radius 1 is 1.54 bits per heavy atom. The number of rotatable bonds is 0. The Bertz CT molecular complexity index is 210. The smallest absolute Gasteiger partial charge is 0.407 e. The Hall–Kier alpha value is -0.770. The molecule has 1 saturated heterocycles. The third kappa shape index (κ3) is 1.94. The molecule has 1 rings (SSSR count). The van der Waals surface area contributed by atoms with Gasteiger partial charge in [0, 0.05) is 12.6 Å². The van der Waals surface area contributed by atoms with Gasteiger partial charge in [-0.3, -0.25) is 0 Å². The average molecular weight is 186 g/mol. The third-order valence-electron chi connectivity index (χ3n) is 2.58. The number of carboxylic acid groups (broad SMARTS) is 1. The first-order valence-electron chi connectivity index (χ1n) is 4.59. The highest BCUT2D eigenvalue weighted by molar-refractivity contribution is 5.66. The van der Waals surface area contributed by atoms with Crippen molar-refractivity contribution >= 4 is 6.09 Å². The van der Waals surface area contributed by atoms with E-state index < -0.39 is 6.09 Å². The molecule has 13 heavy (non-hydrogen) atoms. The molecule has 1 amide bonds. The molecule has 0 aromatic rings. The van der Waals surface area contributed by atoms with Crippen LogP contribution < -0.4 is 5.73 Å². The summed E-state index contributed by atoms with van der Waals surface area (Å²) in [6.07, 6.45) is -0.0818. The van der Waals surface area contributed by atoms with E-state index in [0.717, 1.165) is 6.42 Å². The van der Waals surface area contributed by atoms with Crippen LogP contribution in [0.4, 0.5) is 4.79 Å². The number of carbonyl (C=O) groups is 1. The lowest BCUT2D eigenvalue weighted by molar-refractivity contribution is 0.102. The molecule has 0 aromatic carbocycles. The molecule has 1 fully saturated rings. The summed E-state index contributed by atoms with van der Waals surface area (Å²) in [7, 11) is 0. The summed E-state index contributed by atoms with van der Waals surface area (Å²) >= 11 is 0. The molecule has 76 valence electrons. The van der Waals surface area contributed by atoms with E-state index in [9.17, 15) is 4.79 Å². The monoisotopic (exact) mass is 186 g/mol. The lowest BCUT2D eigenvalue weighted by atomic mass is 9.83. The number of hydrogen-bond acceptors (Lipinski definition) is 2. The fourth-order valence-electron chi connectivity index (χ4n) is 2.14. The Labute approximate surface area is 78.7 Å². The van der Waals surface area contributed by atoms with Crippen molar-refractivity contribution in [3.63, 3.8) is 0 Å². The van der Waals surface area contributed by atoms with E-state index in [4.69, 9.17) is 10.8 Å². The van der Waals surface area contributed by atoms with Gasteiger partial charge in [0.1, 0.15) is 0 Å². The van der Waals surface area contributed by atoms with Crippen LogP contribution in [0, 0.1) is 5.41 Å². The van der Waals surface area contributed by atoms with E-state index in [1.165, 1.54) is 4.90 Å². The number of amides is 1. The SMILES string of the molecule is CC(C)(C)C1[C@@H](N)CCN1C(=O)O. The van der Waals surface area contributed by atoms with Gasteiger partial charge in [-0.05, 0) is 11.8 Å². The molecule has 1 unspecified atom stereocenters. The van der Waals surface area contributed by atoms with Gasteiger partial charge in [-0.2, -0.15) is 0 Å². The quantitative estimate of drug-likeness (QED) is 0.595. The van der Waals surface area contributed by atoms with Crippen molar-refractivity contribution in [1.29, 1.82) is 0 Å². The maximum Gasteiger partial charge on any atom is 0.407 e. The summed E-state index contributed by atoms with van der Waals surface area (Å²) in [5.74, 6) is 0. The summed E-state index contributed by atoms with van der Waals surface area (Å²) in [4.78, 5) is 12.3. The molecule has 1 aliphatic heterocycles. The second-order valence-electron chi connectivity index (χ2n) is 4.74. The van der Waals surface area contributed by atoms with E-state index in [-0.39, 0.29) is 17.5 Å². The van der Waals surface area contributed by atoms with Gasteiger partial charge in [0.2, 0.25) is 0 Å². The van der Waals surface area contributed by atoms with Crippen LogP contribution in [0.5, 0.6) is 0 Å². The van der Waals surface area contributed by atoms with Crippen molar-refractivity contribution in [2.24, 2.45) is 11.1 Å². The summed E-state index contributed by atoms with van der Waals surface area (Å²) in [5, 5.41) is 8.94. The molecule has 4 heteroatoms. The third-order valence-corrected chi connectivity index (χ3v) is 2.58. The summed E-state index contributed by atoms with van der Waals surface area (Å²) in [6, 6.07) is -0.0684. The molecular formula is C9H18N2O2. The largest absolute Gasteiger partial charge is 0.465 e. The first-order chi connectivity index (χ1) is 5.84. The second kappa shape index (κ2) is 3.18. The molecule has 4 nitrogen and oxygen atoms in total. The van der Waals surface area contributed by atoms with Crippen molar-refractivity contribution in [3.05, 3.63) is 0 Å². The van der Waals surface area contributed by atoms with E-state index >= 15 is 0 Å². The van der Waals surface area contributed by atoms with Crippen molar-refractivity contribution in [2.75, 3.05) is 6.54 Å². The number of likely N-dealkylation sites (tertiary alicyclic amines) is 1. The van der Waals surface area contributed by atoms with Crippen LogP contribution >= 0.6 is 0 Å². The highest BCUT2D eigenvalue weighted by Crippen LogP contribution is 2.31. The molecule has 1 heterocycles. The fourth-order valence-corrected chi connectivity index (χ4v) is 2.14. The first kappa shape index (κ1) is 10.3. The minimum Gasteiger partial charge on any atom is -0.465 e. The molecule has 2 atom stereocenters. The molecule has 0 spiro atoms. The Morgan fingerprint density at radius 2 is 2.08 bits per heavy atom. The standard InChI is InChI=1S/C9H18N2O2/c1-9(2,3)7-6(10)4-5-11(7)8(12)13/h6-7H,4-5,10H2,1-3H3,(H,12,13)/t6-,7?/m0/s1. The second-order valence-corrected chi connectivity index (χ2v) is 4.74. The number of nitrogens with zero attached hydrogens (tertiary/aromatic N) is 1. The number of nitrogens with two attached hydrogens (primary N) is 1. The van der Waals surface area contributed by atoms with Crippen LogP contribution in [-0.2, 0) is 0 Å². The zero-order chi connectivity index (χ0) is 10.2. The number of hydrogen-bond donors (Lipinski definition) is 2. The molecule has 0 saturated carbocycles. The van der Waals surface area contributed by atoms with Gasteiger partial charge in [0.05, 0.1) is 6.04 Å². The molecule has 1 aliphatic rings. The predicted molar refractivity (Wildman–Crippen MR) is 50.6 cm³/mol. The molecular weight excluding hydrogens is 168 g/mol. The van der Waals surface area contributed by atoms with Gasteiger partial charge in [-0.1, -0.05) is 20.8 Å². The molecule has 0 aliphatic carbocycles. The summed E-state index contributed by atoms with van der Waals surface area (Å²) in [6.45, 7) is 6.65. The Kier molecular flexibility index (Phi) is 2.52. The van der Waals surface area contributed by atoms with Gasteiger partial charge in [0.15, 0.2) is 0 Å². The highest BCUT2D eigenvalue weighted by Gasteiger charge is 2.42. The predicted octanol–water partition coefficient (Wildman–Crippen LogP) is 1.11. The van der Waals surface area contributed by atoms with Gasteiger partial charge < -0.3 is 15.7 Å². The van der Waals surface area contributed by atoms with Crippen molar-refractivity contribution in [1.82, 2.24) is 4.90 Å². The maximum atomic E-state index is 10.9. The van der Waals surface area contributed by atoms with Crippen LogP contribution in [0.15, 0.2) is 0 Å². The lowest BCUT2D eigenvalue weighted by Gasteiger charge is -2.35. The van der Waals surface area contributed by atoms with Gasteiger partial charge in [-0.25, -0.2) is 4.79 Å². The van der Waals surface area contributed by atoms with Crippen molar-refractivity contribution in [2.45, 2.75) is 39.3 Å². The minimum absolute atomic E-state index is 0.0175. The molecule has 0 aromatic heterocycles. The highest BCUT2D eigenvalue weighted by atomic mass is 16.4. The van der Waals surface area contributed by atoms with Crippen molar-refractivity contribution in [3.8, 4) is 0 Å². The van der Waals surface area contributed by atoms with E-state index in [1.807, 2.05) is 20.8 Å². The van der Waals surface area contributed by atoms with E-state index in [0.29, 0.717) is 6.54 Å². The van der Waals surface area contributed by atoms with Crippen molar-refractivity contribution < 1.29 is 9.90 Å². The zero-order valence-electron chi connectivity index (χ0n) is 8.45. The van der Waals surface area contributed by atoms with Gasteiger partial charge >= 0.3 is 6.09 Å². The van der Waals surface area contributed by atoms with Crippen LogP contribution in [0.2, 0.25) is 0 Å². The summed E-state index contributed by atoms with van der Waals surface area (Å²) in [5.41, 5.74) is 5.81. The van der Waals surface area contributed by atoms with Gasteiger partial charge in [0.25, 0.3) is 0 Å². The average Bonchev–Trinajstić information content (AvgIpc) is 2.28. The molecule has 3 N–H and O–H groups in total. The normalized spacial score (nSPS) is 29.4. The minimum atomic E-state index is -0.854. The summed E-state index contributed by atoms with van der Waals surface area (Å²) < 4.78 is 0. The topological polar surface area (TPSA) is 66.6 Å². The fraction of sp³-hybridized carbons (Fsp3) is 0.889. The lowest BCUT2D eigenvalue weighted by Crippen LogP contribution is -2.49. The van der Waals surface area contributed by atoms with E-state index in [1.54, 1.807) is 0 Å². The first-order valence-corrected chi connectivity index (χ1v) is 4.59. The van der Waals surface area contributed by atoms with Gasteiger partial charge in [-0.15, -0.1) is 0 Å². The Morgan fingerprint density at radius 3 is 2.38 bits per heavy atom. The Balaban J connectivity index is 2.83. The molecule has 0 bridgehead atoms. The van der Waals surface area contributed by atoms with Crippen LogP contribution in [0.1, 0.15) is 27.2 Å². The zero-order valence-corrected chi connectivity index (χ0v) is 8.45. The van der Waals surface area contributed by atoms with Crippen LogP contribution in [-0.4, -0.2) is 34.7 Å².